The van der Waals surface area contributed by atoms with Crippen molar-refractivity contribution in [3.8, 4) is 0 Å². The molecular weight excluding hydrogens is 254 g/mol. The summed E-state index contributed by atoms with van der Waals surface area (Å²) in [4.78, 5) is 0. The standard InChI is InChI=1S/C18H32F2/c1-12(2)14-7-5-6-8-16(14)17-11-18(19,20)10-9-15(17)13(3)4/h12-17H,5-11H2,1-4H3. The topological polar surface area (TPSA) is 0 Å². The van der Waals surface area contributed by atoms with Crippen LogP contribution < -0.4 is 0 Å². The summed E-state index contributed by atoms with van der Waals surface area (Å²) in [6.07, 6.45) is 6.00. The highest BCUT2D eigenvalue weighted by molar-refractivity contribution is 4.93. The highest BCUT2D eigenvalue weighted by Gasteiger charge is 2.47. The summed E-state index contributed by atoms with van der Waals surface area (Å²) in [6.45, 7) is 9.03. The first-order chi connectivity index (χ1) is 9.32. The Kier molecular flexibility index (Phi) is 5.13. The first-order valence-electron chi connectivity index (χ1n) is 8.69. The van der Waals surface area contributed by atoms with E-state index in [0.29, 0.717) is 29.6 Å². The smallest absolute Gasteiger partial charge is 0.207 e. The maximum absolute atomic E-state index is 14.0. The number of alkyl halides is 2. The lowest BCUT2D eigenvalue weighted by Crippen LogP contribution is -2.42. The van der Waals surface area contributed by atoms with E-state index in [1.807, 2.05) is 0 Å². The summed E-state index contributed by atoms with van der Waals surface area (Å²) >= 11 is 0. The summed E-state index contributed by atoms with van der Waals surface area (Å²) in [5.74, 6) is 0.765. The van der Waals surface area contributed by atoms with Gasteiger partial charge in [0.05, 0.1) is 0 Å². The molecule has 0 nitrogen and oxygen atoms in total. The molecule has 20 heavy (non-hydrogen) atoms. The lowest BCUT2D eigenvalue weighted by atomic mass is 9.59. The molecule has 0 bridgehead atoms. The van der Waals surface area contributed by atoms with Gasteiger partial charge in [-0.3, -0.25) is 0 Å². The molecule has 0 aliphatic heterocycles. The van der Waals surface area contributed by atoms with E-state index in [1.165, 1.54) is 25.7 Å². The minimum atomic E-state index is -2.41. The Morgan fingerprint density at radius 3 is 1.95 bits per heavy atom. The van der Waals surface area contributed by atoms with Crippen LogP contribution in [0.1, 0.15) is 72.6 Å². The van der Waals surface area contributed by atoms with Crippen molar-refractivity contribution < 1.29 is 8.78 Å². The van der Waals surface area contributed by atoms with E-state index in [-0.39, 0.29) is 18.8 Å². The summed E-state index contributed by atoms with van der Waals surface area (Å²) in [5, 5.41) is 0. The van der Waals surface area contributed by atoms with Gasteiger partial charge in [0.1, 0.15) is 0 Å². The zero-order valence-corrected chi connectivity index (χ0v) is 13.7. The van der Waals surface area contributed by atoms with Gasteiger partial charge in [0.2, 0.25) is 5.92 Å². The Hall–Kier alpha value is -0.140. The van der Waals surface area contributed by atoms with Crippen LogP contribution in [-0.4, -0.2) is 5.92 Å². The van der Waals surface area contributed by atoms with Crippen LogP contribution in [0.25, 0.3) is 0 Å². The second-order valence-corrected chi connectivity index (χ2v) is 8.03. The van der Waals surface area contributed by atoms with Gasteiger partial charge >= 0.3 is 0 Å². The van der Waals surface area contributed by atoms with Gasteiger partial charge in [-0.1, -0.05) is 40.5 Å². The summed E-state index contributed by atoms with van der Waals surface area (Å²) < 4.78 is 27.9. The normalized spacial score (nSPS) is 38.4. The zero-order chi connectivity index (χ0) is 14.9. The van der Waals surface area contributed by atoms with Gasteiger partial charge in [-0.15, -0.1) is 0 Å². The fourth-order valence-corrected chi connectivity index (χ4v) is 5.03. The third-order valence-electron chi connectivity index (χ3n) is 6.07. The molecule has 0 N–H and O–H groups in total. The lowest BCUT2D eigenvalue weighted by Gasteiger charge is -2.47. The van der Waals surface area contributed by atoms with E-state index in [9.17, 15) is 8.78 Å². The van der Waals surface area contributed by atoms with Crippen LogP contribution in [0.2, 0.25) is 0 Å². The number of rotatable bonds is 3. The molecule has 2 aliphatic carbocycles. The molecule has 2 aliphatic rings. The third-order valence-corrected chi connectivity index (χ3v) is 6.07. The number of halogens is 2. The van der Waals surface area contributed by atoms with E-state index in [0.717, 1.165) is 6.42 Å². The summed E-state index contributed by atoms with van der Waals surface area (Å²) in [5.41, 5.74) is 0. The average Bonchev–Trinajstić information content (AvgIpc) is 2.37. The third kappa shape index (κ3) is 3.54. The molecule has 4 unspecified atom stereocenters. The van der Waals surface area contributed by atoms with Gasteiger partial charge < -0.3 is 0 Å². The Balaban J connectivity index is 2.19. The average molecular weight is 286 g/mol. The second kappa shape index (κ2) is 6.32. The van der Waals surface area contributed by atoms with E-state index in [4.69, 9.17) is 0 Å². The Bertz CT molecular complexity index is 309. The van der Waals surface area contributed by atoms with Crippen LogP contribution in [-0.2, 0) is 0 Å². The maximum atomic E-state index is 14.0. The summed E-state index contributed by atoms with van der Waals surface area (Å²) in [6, 6.07) is 0. The van der Waals surface area contributed by atoms with E-state index in [1.54, 1.807) is 0 Å². The Morgan fingerprint density at radius 1 is 0.800 bits per heavy atom. The van der Waals surface area contributed by atoms with Crippen molar-refractivity contribution in [2.45, 2.75) is 78.6 Å². The van der Waals surface area contributed by atoms with Crippen molar-refractivity contribution in [2.75, 3.05) is 0 Å². The number of hydrogen-bond donors (Lipinski definition) is 0. The van der Waals surface area contributed by atoms with E-state index >= 15 is 0 Å². The van der Waals surface area contributed by atoms with E-state index in [2.05, 4.69) is 27.7 Å². The molecule has 2 heteroatoms. The molecule has 2 saturated carbocycles. The Morgan fingerprint density at radius 2 is 1.35 bits per heavy atom. The molecule has 0 saturated heterocycles. The quantitative estimate of drug-likeness (QED) is 0.583. The van der Waals surface area contributed by atoms with Crippen molar-refractivity contribution in [2.24, 2.45) is 35.5 Å². The predicted molar refractivity (Wildman–Crippen MR) is 80.9 cm³/mol. The van der Waals surface area contributed by atoms with Crippen LogP contribution >= 0.6 is 0 Å². The molecule has 0 spiro atoms. The maximum Gasteiger partial charge on any atom is 0.248 e. The van der Waals surface area contributed by atoms with Crippen LogP contribution in [0, 0.1) is 35.5 Å². The van der Waals surface area contributed by atoms with Crippen molar-refractivity contribution in [1.29, 1.82) is 0 Å². The fourth-order valence-electron chi connectivity index (χ4n) is 5.03. The molecule has 4 atom stereocenters. The van der Waals surface area contributed by atoms with E-state index < -0.39 is 5.92 Å². The zero-order valence-electron chi connectivity index (χ0n) is 13.7. The van der Waals surface area contributed by atoms with Crippen molar-refractivity contribution in [1.82, 2.24) is 0 Å². The molecule has 2 rings (SSSR count). The monoisotopic (exact) mass is 286 g/mol. The van der Waals surface area contributed by atoms with Crippen LogP contribution in [0.4, 0.5) is 8.78 Å². The minimum absolute atomic E-state index is 0.116. The molecule has 0 aromatic carbocycles. The largest absolute Gasteiger partial charge is 0.248 e. The van der Waals surface area contributed by atoms with Gasteiger partial charge in [-0.05, 0) is 54.8 Å². The molecule has 0 aromatic heterocycles. The van der Waals surface area contributed by atoms with Crippen LogP contribution in [0.15, 0.2) is 0 Å². The Labute approximate surface area is 123 Å². The van der Waals surface area contributed by atoms with Gasteiger partial charge in [0.15, 0.2) is 0 Å². The molecular formula is C18H32F2. The number of hydrogen-bond acceptors (Lipinski definition) is 0. The lowest BCUT2D eigenvalue weighted by molar-refractivity contribution is -0.101. The second-order valence-electron chi connectivity index (χ2n) is 8.03. The molecule has 118 valence electrons. The minimum Gasteiger partial charge on any atom is -0.207 e. The first-order valence-corrected chi connectivity index (χ1v) is 8.69. The van der Waals surface area contributed by atoms with Gasteiger partial charge in [-0.25, -0.2) is 8.78 Å². The van der Waals surface area contributed by atoms with Gasteiger partial charge in [0.25, 0.3) is 0 Å². The molecule has 0 amide bonds. The molecule has 0 heterocycles. The van der Waals surface area contributed by atoms with Crippen molar-refractivity contribution in [3.63, 3.8) is 0 Å². The van der Waals surface area contributed by atoms with Crippen molar-refractivity contribution in [3.05, 3.63) is 0 Å². The SMILES string of the molecule is CC(C)C1CCCCC1C1CC(F)(F)CCC1C(C)C. The van der Waals surface area contributed by atoms with Crippen LogP contribution in [0.3, 0.4) is 0 Å². The molecule has 0 radical (unpaired) electrons. The highest BCUT2D eigenvalue weighted by atomic mass is 19.3. The highest BCUT2D eigenvalue weighted by Crippen LogP contribution is 2.51. The molecule has 0 aromatic rings. The predicted octanol–water partition coefficient (Wildman–Crippen LogP) is 6.16. The first kappa shape index (κ1) is 16.2. The van der Waals surface area contributed by atoms with Crippen LogP contribution in [0.5, 0.6) is 0 Å². The van der Waals surface area contributed by atoms with Gasteiger partial charge in [0, 0.05) is 12.8 Å². The summed E-state index contributed by atoms with van der Waals surface area (Å²) in [7, 11) is 0. The van der Waals surface area contributed by atoms with Crippen molar-refractivity contribution >= 4 is 0 Å². The fraction of sp³-hybridized carbons (Fsp3) is 1.00. The molecule has 2 fully saturated rings. The van der Waals surface area contributed by atoms with Gasteiger partial charge in [-0.2, -0.15) is 0 Å².